The first-order chi connectivity index (χ1) is 20.9. The zero-order valence-corrected chi connectivity index (χ0v) is 31.7. The Morgan fingerprint density at radius 3 is 2.13 bits per heavy atom. The Balaban J connectivity index is 3.27. The van der Waals surface area contributed by atoms with Gasteiger partial charge in [-0.15, -0.1) is 24.5 Å². The maximum Gasteiger partial charge on any atom is 0.412 e. The van der Waals surface area contributed by atoms with Gasteiger partial charge in [-0.2, -0.15) is 13.2 Å². The fourth-order valence-corrected chi connectivity index (χ4v) is 6.85. The van der Waals surface area contributed by atoms with E-state index in [4.69, 9.17) is 9.16 Å². The molecular weight excluding hydrogens is 628 g/mol. The summed E-state index contributed by atoms with van der Waals surface area (Å²) in [6.07, 6.45) is -0.669. The molecule has 5 atom stereocenters. The second kappa shape index (κ2) is 16.7. The number of hydrogen-bond acceptors (Lipinski definition) is 6. The van der Waals surface area contributed by atoms with Crippen molar-refractivity contribution in [3.8, 4) is 0 Å². The predicted molar refractivity (Wildman–Crippen MR) is 187 cm³/mol. The summed E-state index contributed by atoms with van der Waals surface area (Å²) in [6, 6.07) is 0. The van der Waals surface area contributed by atoms with Crippen LogP contribution in [0, 0.1) is 30.1 Å². The molecule has 5 nitrogen and oxygen atoms in total. The molecule has 260 valence electrons. The number of ketones is 1. The first-order valence-electron chi connectivity index (χ1n) is 15.9. The van der Waals surface area contributed by atoms with Crippen molar-refractivity contribution in [3.63, 3.8) is 0 Å². The Hall–Kier alpha value is -2.30. The van der Waals surface area contributed by atoms with E-state index in [0.29, 0.717) is 11.3 Å². The SMILES string of the molecule is C=CC/C(=C\CC(OC(=O)C[C@H](C)C(C)(C)C(=O)[C@H](C)[C@@H](O[Si](C)(C)C(C)(C)C)[C@@H](C)C=C)/C(C)=C/c1csc(C)n1)C(F)(F)F. The number of esters is 1. The number of thiazole rings is 1. The van der Waals surface area contributed by atoms with E-state index in [1.807, 2.05) is 53.0 Å². The van der Waals surface area contributed by atoms with E-state index in [-0.39, 0.29) is 42.1 Å². The van der Waals surface area contributed by atoms with Gasteiger partial charge in [0.2, 0.25) is 0 Å². The van der Waals surface area contributed by atoms with Crippen LogP contribution in [0.25, 0.3) is 6.08 Å². The Morgan fingerprint density at radius 2 is 1.67 bits per heavy atom. The highest BCUT2D eigenvalue weighted by atomic mass is 32.1. The number of ether oxygens (including phenoxy) is 1. The summed E-state index contributed by atoms with van der Waals surface area (Å²) < 4.78 is 53.4. The number of hydrogen-bond donors (Lipinski definition) is 0. The van der Waals surface area contributed by atoms with Crippen LogP contribution in [-0.4, -0.2) is 43.4 Å². The van der Waals surface area contributed by atoms with Crippen LogP contribution in [0.3, 0.4) is 0 Å². The summed E-state index contributed by atoms with van der Waals surface area (Å²) >= 11 is 1.45. The first-order valence-corrected chi connectivity index (χ1v) is 19.7. The fraction of sp³-hybridized carbons (Fsp3) is 0.639. The quantitative estimate of drug-likeness (QED) is 0.0929. The summed E-state index contributed by atoms with van der Waals surface area (Å²) in [4.78, 5) is 31.8. The molecule has 0 saturated carbocycles. The van der Waals surface area contributed by atoms with Gasteiger partial charge in [-0.3, -0.25) is 9.59 Å². The molecule has 0 saturated heterocycles. The van der Waals surface area contributed by atoms with Gasteiger partial charge in [-0.05, 0) is 61.9 Å². The zero-order valence-electron chi connectivity index (χ0n) is 29.9. The van der Waals surface area contributed by atoms with Crippen LogP contribution in [0.15, 0.2) is 47.9 Å². The predicted octanol–water partition coefficient (Wildman–Crippen LogP) is 10.7. The van der Waals surface area contributed by atoms with Gasteiger partial charge in [0, 0.05) is 35.1 Å². The Morgan fingerprint density at radius 1 is 1.09 bits per heavy atom. The normalized spacial score (nSPS) is 17.1. The molecule has 0 aliphatic carbocycles. The Labute approximate surface area is 280 Å². The minimum atomic E-state index is -4.53. The highest BCUT2D eigenvalue weighted by Crippen LogP contribution is 2.41. The van der Waals surface area contributed by atoms with Crippen LogP contribution in [0.2, 0.25) is 18.1 Å². The molecule has 1 aromatic rings. The molecule has 0 fully saturated rings. The molecule has 0 N–H and O–H groups in total. The average molecular weight is 684 g/mol. The summed E-state index contributed by atoms with van der Waals surface area (Å²) in [6.45, 7) is 31.1. The molecule has 0 spiro atoms. The highest BCUT2D eigenvalue weighted by Gasteiger charge is 2.46. The van der Waals surface area contributed by atoms with Crippen molar-refractivity contribution >= 4 is 37.5 Å². The standard InChI is InChI=1S/C36H56F3NO4SSi/c1-15-17-28(36(37,38)39)18-19-30(24(4)20-29-22-45-27(7)40-29)43-31(41)21-25(5)35(11,12)33(42)26(6)32(23(3)16-2)44-46(13,14)34(8,9)10/h15-16,18,20,22-23,25-26,30,32H,1-2,17,19,21H2,3-14H3/b24-20+,28-18+/t23-,25-,26+,30?,32-/m0/s1. The number of rotatable bonds is 17. The molecule has 1 rings (SSSR count). The number of aromatic nitrogens is 1. The van der Waals surface area contributed by atoms with Crippen molar-refractivity contribution in [2.75, 3.05) is 0 Å². The van der Waals surface area contributed by atoms with Gasteiger partial charge in [-0.25, -0.2) is 4.98 Å². The number of Topliss-reactive ketones (excluding diaryl/α,β-unsaturated/α-hetero) is 1. The number of halogens is 3. The molecule has 1 heterocycles. The highest BCUT2D eigenvalue weighted by molar-refractivity contribution is 7.09. The fourth-order valence-electron chi connectivity index (χ4n) is 4.83. The smallest absolute Gasteiger partial charge is 0.412 e. The van der Waals surface area contributed by atoms with Crippen molar-refractivity contribution in [2.45, 2.75) is 125 Å². The minimum Gasteiger partial charge on any atom is -0.457 e. The molecule has 0 amide bonds. The maximum absolute atomic E-state index is 14.1. The molecular formula is C36H56F3NO4SSi. The Kier molecular flexibility index (Phi) is 15.1. The van der Waals surface area contributed by atoms with Gasteiger partial charge >= 0.3 is 12.1 Å². The van der Waals surface area contributed by atoms with Gasteiger partial charge in [0.15, 0.2) is 8.32 Å². The van der Waals surface area contributed by atoms with Gasteiger partial charge in [0.1, 0.15) is 11.9 Å². The van der Waals surface area contributed by atoms with Crippen LogP contribution in [0.1, 0.15) is 92.3 Å². The van der Waals surface area contributed by atoms with Crippen LogP contribution in [0.4, 0.5) is 13.2 Å². The van der Waals surface area contributed by atoms with Crippen LogP contribution >= 0.6 is 11.3 Å². The molecule has 0 aliphatic rings. The third kappa shape index (κ3) is 11.7. The Bertz CT molecular complexity index is 1270. The van der Waals surface area contributed by atoms with Gasteiger partial charge in [0.25, 0.3) is 0 Å². The average Bonchev–Trinajstić information content (AvgIpc) is 3.34. The van der Waals surface area contributed by atoms with E-state index in [1.54, 1.807) is 13.0 Å². The summed E-state index contributed by atoms with van der Waals surface area (Å²) in [5.41, 5.74) is -0.460. The van der Waals surface area contributed by atoms with Crippen LogP contribution < -0.4 is 0 Å². The summed E-state index contributed by atoms with van der Waals surface area (Å²) in [7, 11) is -2.22. The lowest BCUT2D eigenvalue weighted by Crippen LogP contribution is -2.50. The topological polar surface area (TPSA) is 65.5 Å². The molecule has 1 aromatic heterocycles. The molecule has 10 heteroatoms. The van der Waals surface area contributed by atoms with E-state index in [0.717, 1.165) is 11.1 Å². The largest absolute Gasteiger partial charge is 0.457 e. The molecule has 0 aliphatic heterocycles. The van der Waals surface area contributed by atoms with E-state index >= 15 is 0 Å². The van der Waals surface area contributed by atoms with Gasteiger partial charge < -0.3 is 9.16 Å². The lowest BCUT2D eigenvalue weighted by molar-refractivity contribution is -0.150. The molecule has 1 unspecified atom stereocenters. The number of aryl methyl sites for hydroxylation is 1. The first kappa shape index (κ1) is 41.7. The molecule has 0 radical (unpaired) electrons. The third-order valence-corrected chi connectivity index (χ3v) is 14.7. The van der Waals surface area contributed by atoms with E-state index in [1.165, 1.54) is 17.4 Å². The number of carbonyl (C=O) groups is 2. The van der Waals surface area contributed by atoms with Crippen molar-refractivity contribution in [3.05, 3.63) is 58.6 Å². The summed E-state index contributed by atoms with van der Waals surface area (Å²) in [5, 5.41) is 2.62. The van der Waals surface area contributed by atoms with Crippen molar-refractivity contribution in [1.29, 1.82) is 0 Å². The van der Waals surface area contributed by atoms with E-state index < -0.39 is 49.4 Å². The van der Waals surface area contributed by atoms with Crippen molar-refractivity contribution in [1.82, 2.24) is 4.98 Å². The molecule has 46 heavy (non-hydrogen) atoms. The molecule has 0 aromatic carbocycles. The monoisotopic (exact) mass is 683 g/mol. The third-order valence-electron chi connectivity index (χ3n) is 9.47. The van der Waals surface area contributed by atoms with Gasteiger partial charge in [0.05, 0.1) is 16.8 Å². The maximum atomic E-state index is 14.1. The van der Waals surface area contributed by atoms with Crippen LogP contribution in [0.5, 0.6) is 0 Å². The molecule has 0 bridgehead atoms. The van der Waals surface area contributed by atoms with Crippen molar-refractivity contribution < 1.29 is 31.9 Å². The minimum absolute atomic E-state index is 0.0288. The number of allylic oxidation sites excluding steroid dienone is 2. The second-order valence-electron chi connectivity index (χ2n) is 14.5. The number of nitrogens with zero attached hydrogens (tertiary/aromatic N) is 1. The zero-order chi connectivity index (χ0) is 35.8. The second-order valence-corrected chi connectivity index (χ2v) is 20.3. The van der Waals surface area contributed by atoms with E-state index in [2.05, 4.69) is 52.0 Å². The van der Waals surface area contributed by atoms with Gasteiger partial charge in [-0.1, -0.05) is 73.6 Å². The lowest BCUT2D eigenvalue weighted by Gasteiger charge is -2.43. The van der Waals surface area contributed by atoms with Crippen molar-refractivity contribution in [2.24, 2.45) is 23.2 Å². The lowest BCUT2D eigenvalue weighted by atomic mass is 9.69. The van der Waals surface area contributed by atoms with Crippen LogP contribution in [-0.2, 0) is 18.8 Å². The number of alkyl halides is 3. The van der Waals surface area contributed by atoms with E-state index in [9.17, 15) is 22.8 Å². The number of carbonyl (C=O) groups excluding carboxylic acids is 2. The summed E-state index contributed by atoms with van der Waals surface area (Å²) in [5.74, 6) is -1.58.